The fourth-order valence-corrected chi connectivity index (χ4v) is 4.65. The Morgan fingerprint density at radius 1 is 1.30 bits per heavy atom. The van der Waals surface area contributed by atoms with Crippen molar-refractivity contribution in [3.63, 3.8) is 0 Å². The summed E-state index contributed by atoms with van der Waals surface area (Å²) in [7, 11) is 0. The normalized spacial score (nSPS) is 15.8. The van der Waals surface area contributed by atoms with Gasteiger partial charge in [0.2, 0.25) is 0 Å². The topological polar surface area (TPSA) is 108 Å². The molecule has 0 bridgehead atoms. The summed E-state index contributed by atoms with van der Waals surface area (Å²) in [6, 6.07) is 8.08. The van der Waals surface area contributed by atoms with Crippen LogP contribution in [0.5, 0.6) is 0 Å². The third-order valence-electron chi connectivity index (χ3n) is 6.48. The standard InChI is InChI=1S/C26H28FN3O3/c1-13(2)25(32)29-16-7-5-6-14(10-16)21-19(27)12-18(24(28)31)23-22(21)17-9-8-15(26(3,4)33)11-20(17)30-23/h5-7,10,12,15,30,33H,1,8-9,11H2,2-4H3,(H2,28,31)(H,29,32)/t15-/m1/s1. The minimum absolute atomic E-state index is 0.0315. The van der Waals surface area contributed by atoms with Gasteiger partial charge in [-0.3, -0.25) is 9.59 Å². The zero-order valence-electron chi connectivity index (χ0n) is 19.0. The summed E-state index contributed by atoms with van der Waals surface area (Å²) in [5, 5.41) is 13.9. The zero-order valence-corrected chi connectivity index (χ0v) is 19.0. The maximum Gasteiger partial charge on any atom is 0.250 e. The van der Waals surface area contributed by atoms with E-state index < -0.39 is 17.3 Å². The van der Waals surface area contributed by atoms with Crippen LogP contribution in [-0.2, 0) is 17.6 Å². The van der Waals surface area contributed by atoms with Gasteiger partial charge in [-0.1, -0.05) is 18.7 Å². The molecular formula is C26H28FN3O3. The number of anilines is 1. The van der Waals surface area contributed by atoms with E-state index in [0.717, 1.165) is 23.7 Å². The number of aliphatic hydroxyl groups is 1. The Kier molecular flexibility index (Phi) is 5.62. The Labute approximate surface area is 191 Å². The highest BCUT2D eigenvalue weighted by molar-refractivity contribution is 6.11. The van der Waals surface area contributed by atoms with Gasteiger partial charge in [-0.25, -0.2) is 4.39 Å². The van der Waals surface area contributed by atoms with Gasteiger partial charge in [0.15, 0.2) is 0 Å². The second-order valence-corrected chi connectivity index (χ2v) is 9.39. The highest BCUT2D eigenvalue weighted by Gasteiger charge is 2.34. The quantitative estimate of drug-likeness (QED) is 0.432. The largest absolute Gasteiger partial charge is 0.390 e. The zero-order chi connectivity index (χ0) is 24.1. The number of hydrogen-bond donors (Lipinski definition) is 4. The third-order valence-corrected chi connectivity index (χ3v) is 6.48. The molecule has 3 aromatic rings. The Bertz CT molecular complexity index is 1300. The van der Waals surface area contributed by atoms with E-state index in [4.69, 9.17) is 5.73 Å². The van der Waals surface area contributed by atoms with E-state index in [1.54, 1.807) is 45.0 Å². The van der Waals surface area contributed by atoms with Crippen LogP contribution in [0.25, 0.3) is 22.0 Å². The Morgan fingerprint density at radius 2 is 2.03 bits per heavy atom. The van der Waals surface area contributed by atoms with E-state index >= 15 is 4.39 Å². The van der Waals surface area contributed by atoms with Gasteiger partial charge in [0.25, 0.3) is 11.8 Å². The predicted molar refractivity (Wildman–Crippen MR) is 127 cm³/mol. The Balaban J connectivity index is 1.92. The van der Waals surface area contributed by atoms with Crippen molar-refractivity contribution in [1.82, 2.24) is 4.98 Å². The number of nitrogens with one attached hydrogen (secondary N) is 2. The monoisotopic (exact) mass is 449 g/mol. The van der Waals surface area contributed by atoms with Crippen molar-refractivity contribution in [3.05, 3.63) is 65.1 Å². The molecule has 1 aliphatic carbocycles. The van der Waals surface area contributed by atoms with E-state index in [1.165, 1.54) is 0 Å². The van der Waals surface area contributed by atoms with Crippen LogP contribution in [0.1, 0.15) is 48.8 Å². The summed E-state index contributed by atoms with van der Waals surface area (Å²) in [6.07, 6.45) is 1.95. The smallest absolute Gasteiger partial charge is 0.250 e. The molecule has 172 valence electrons. The molecule has 0 unspecified atom stereocenters. The lowest BCUT2D eigenvalue weighted by Gasteiger charge is -2.32. The molecule has 1 atom stereocenters. The van der Waals surface area contributed by atoms with Crippen LogP contribution in [0.3, 0.4) is 0 Å². The molecule has 0 radical (unpaired) electrons. The van der Waals surface area contributed by atoms with Crippen molar-refractivity contribution in [2.24, 2.45) is 11.7 Å². The van der Waals surface area contributed by atoms with Crippen LogP contribution < -0.4 is 11.1 Å². The average molecular weight is 450 g/mol. The lowest BCUT2D eigenvalue weighted by molar-refractivity contribution is -0.112. The lowest BCUT2D eigenvalue weighted by Crippen LogP contribution is -2.34. The Hall–Kier alpha value is -3.45. The number of benzene rings is 2. The van der Waals surface area contributed by atoms with Gasteiger partial charge < -0.3 is 21.1 Å². The summed E-state index contributed by atoms with van der Waals surface area (Å²) in [5.41, 5.74) is 8.91. The fraction of sp³-hybridized carbons (Fsp3) is 0.308. The molecule has 1 aromatic heterocycles. The number of nitrogens with two attached hydrogens (primary N) is 1. The minimum atomic E-state index is -0.856. The molecule has 1 heterocycles. The maximum absolute atomic E-state index is 15.5. The predicted octanol–water partition coefficient (Wildman–Crippen LogP) is 4.46. The van der Waals surface area contributed by atoms with E-state index in [0.29, 0.717) is 46.1 Å². The number of H-pyrrole nitrogens is 1. The number of rotatable bonds is 5. The number of carbonyl (C=O) groups is 2. The number of aromatic nitrogens is 1. The van der Waals surface area contributed by atoms with Gasteiger partial charge in [-0.05, 0) is 75.3 Å². The van der Waals surface area contributed by atoms with Crippen LogP contribution in [0.2, 0.25) is 0 Å². The number of halogens is 1. The van der Waals surface area contributed by atoms with E-state index in [9.17, 15) is 14.7 Å². The van der Waals surface area contributed by atoms with Crippen LogP contribution >= 0.6 is 0 Å². The van der Waals surface area contributed by atoms with Gasteiger partial charge in [0.05, 0.1) is 16.7 Å². The summed E-state index contributed by atoms with van der Waals surface area (Å²) >= 11 is 0. The van der Waals surface area contributed by atoms with E-state index in [2.05, 4.69) is 16.9 Å². The summed E-state index contributed by atoms with van der Waals surface area (Å²) in [5.74, 6) is -1.57. The molecule has 2 amide bonds. The maximum atomic E-state index is 15.5. The molecule has 6 nitrogen and oxygen atoms in total. The van der Waals surface area contributed by atoms with E-state index in [-0.39, 0.29) is 17.4 Å². The van der Waals surface area contributed by atoms with Crippen LogP contribution in [0.4, 0.5) is 10.1 Å². The van der Waals surface area contributed by atoms with Crippen molar-refractivity contribution in [2.75, 3.05) is 5.32 Å². The molecule has 1 aliphatic rings. The van der Waals surface area contributed by atoms with Gasteiger partial charge in [-0.15, -0.1) is 0 Å². The molecule has 5 N–H and O–H groups in total. The van der Waals surface area contributed by atoms with Crippen LogP contribution in [-0.4, -0.2) is 27.5 Å². The minimum Gasteiger partial charge on any atom is -0.390 e. The first-order valence-electron chi connectivity index (χ1n) is 10.9. The van der Waals surface area contributed by atoms with Crippen molar-refractivity contribution in [2.45, 2.75) is 45.6 Å². The molecule has 2 aromatic carbocycles. The molecule has 0 aliphatic heterocycles. The van der Waals surface area contributed by atoms with Gasteiger partial charge in [0.1, 0.15) is 5.82 Å². The number of amides is 2. The van der Waals surface area contributed by atoms with Crippen molar-refractivity contribution in [1.29, 1.82) is 0 Å². The molecule has 0 fully saturated rings. The summed E-state index contributed by atoms with van der Waals surface area (Å²) < 4.78 is 15.5. The first kappa shape index (κ1) is 22.7. The van der Waals surface area contributed by atoms with Gasteiger partial charge in [0, 0.05) is 27.9 Å². The first-order valence-corrected chi connectivity index (χ1v) is 10.9. The van der Waals surface area contributed by atoms with Gasteiger partial charge in [-0.2, -0.15) is 0 Å². The summed E-state index contributed by atoms with van der Waals surface area (Å²) in [4.78, 5) is 27.5. The number of aromatic amines is 1. The highest BCUT2D eigenvalue weighted by Crippen LogP contribution is 2.42. The van der Waals surface area contributed by atoms with Crippen molar-refractivity contribution >= 4 is 28.4 Å². The van der Waals surface area contributed by atoms with Crippen LogP contribution in [0, 0.1) is 11.7 Å². The molecular weight excluding hydrogens is 421 g/mol. The summed E-state index contributed by atoms with van der Waals surface area (Å²) in [6.45, 7) is 8.82. The lowest BCUT2D eigenvalue weighted by atomic mass is 9.77. The molecule has 33 heavy (non-hydrogen) atoms. The SMILES string of the molecule is C=C(C)C(=O)Nc1cccc(-c2c(F)cc(C(N)=O)c3[nH]c4c(c23)CC[C@@H](C(C)(C)O)C4)c1. The molecule has 0 saturated carbocycles. The molecule has 0 spiro atoms. The number of aryl methyl sites for hydroxylation is 1. The second kappa shape index (κ2) is 8.15. The number of carbonyl (C=O) groups excluding carboxylic acids is 2. The average Bonchev–Trinajstić information content (AvgIpc) is 3.11. The van der Waals surface area contributed by atoms with Crippen molar-refractivity contribution in [3.8, 4) is 11.1 Å². The second-order valence-electron chi connectivity index (χ2n) is 9.39. The number of primary amides is 1. The van der Waals surface area contributed by atoms with Gasteiger partial charge >= 0.3 is 0 Å². The first-order chi connectivity index (χ1) is 15.5. The molecule has 4 rings (SSSR count). The highest BCUT2D eigenvalue weighted by atomic mass is 19.1. The molecule has 7 heteroatoms. The van der Waals surface area contributed by atoms with Crippen LogP contribution in [0.15, 0.2) is 42.5 Å². The van der Waals surface area contributed by atoms with Crippen molar-refractivity contribution < 1.29 is 19.1 Å². The fourth-order valence-electron chi connectivity index (χ4n) is 4.65. The molecule has 0 saturated heterocycles. The van der Waals surface area contributed by atoms with E-state index in [1.807, 2.05) is 0 Å². The number of hydrogen-bond acceptors (Lipinski definition) is 3. The number of fused-ring (bicyclic) bond motifs is 3. The Morgan fingerprint density at radius 3 is 2.67 bits per heavy atom. The third kappa shape index (κ3) is 4.16.